The van der Waals surface area contributed by atoms with Crippen molar-refractivity contribution in [3.05, 3.63) is 0 Å². The standard InChI is InChI=1S/C9H19NO4.ClH/c1-12-8(13-2)6-4-5-7(10)9(11)14-3;/h7-8H,4-6,10H2,1-3H3;1H/t7-;/m0./s1. The molecule has 0 bridgehead atoms. The highest BCUT2D eigenvalue weighted by Crippen LogP contribution is 2.06. The first-order chi connectivity index (χ1) is 6.65. The van der Waals surface area contributed by atoms with Gasteiger partial charge in [-0.15, -0.1) is 12.4 Å². The number of methoxy groups -OCH3 is 3. The molecule has 0 fully saturated rings. The van der Waals surface area contributed by atoms with Gasteiger partial charge in [-0.25, -0.2) is 0 Å². The zero-order chi connectivity index (χ0) is 11.0. The van der Waals surface area contributed by atoms with E-state index in [-0.39, 0.29) is 24.7 Å². The molecule has 0 aromatic carbocycles. The van der Waals surface area contributed by atoms with Crippen LogP contribution in [0.3, 0.4) is 0 Å². The van der Waals surface area contributed by atoms with Crippen molar-refractivity contribution in [2.24, 2.45) is 5.73 Å². The van der Waals surface area contributed by atoms with Crippen LogP contribution in [0.5, 0.6) is 0 Å². The minimum atomic E-state index is -0.547. The molecule has 0 aliphatic rings. The maximum absolute atomic E-state index is 10.9. The van der Waals surface area contributed by atoms with E-state index in [4.69, 9.17) is 15.2 Å². The van der Waals surface area contributed by atoms with Gasteiger partial charge in [0.15, 0.2) is 6.29 Å². The van der Waals surface area contributed by atoms with Crippen LogP contribution in [0.25, 0.3) is 0 Å². The Morgan fingerprint density at radius 2 is 1.73 bits per heavy atom. The number of ether oxygens (including phenoxy) is 3. The summed E-state index contributed by atoms with van der Waals surface area (Å²) in [6, 6.07) is -0.547. The van der Waals surface area contributed by atoms with Crippen LogP contribution in [0.15, 0.2) is 0 Å². The van der Waals surface area contributed by atoms with E-state index in [9.17, 15) is 4.79 Å². The molecule has 0 saturated carbocycles. The van der Waals surface area contributed by atoms with Gasteiger partial charge in [-0.1, -0.05) is 0 Å². The van der Waals surface area contributed by atoms with E-state index in [1.54, 1.807) is 14.2 Å². The molecule has 0 saturated heterocycles. The van der Waals surface area contributed by atoms with E-state index in [1.165, 1.54) is 7.11 Å². The number of hydrogen-bond donors (Lipinski definition) is 1. The van der Waals surface area contributed by atoms with Crippen LogP contribution in [0, 0.1) is 0 Å². The number of halogens is 1. The van der Waals surface area contributed by atoms with Gasteiger partial charge in [0.05, 0.1) is 7.11 Å². The predicted molar refractivity (Wildman–Crippen MR) is 58.9 cm³/mol. The molecular formula is C9H20ClNO4. The number of nitrogens with two attached hydrogens (primary N) is 1. The van der Waals surface area contributed by atoms with E-state index >= 15 is 0 Å². The third-order valence-electron chi connectivity index (χ3n) is 1.98. The average molecular weight is 242 g/mol. The third kappa shape index (κ3) is 7.56. The number of rotatable bonds is 7. The van der Waals surface area contributed by atoms with E-state index < -0.39 is 6.04 Å². The quantitative estimate of drug-likeness (QED) is 0.525. The zero-order valence-corrected chi connectivity index (χ0v) is 10.2. The molecule has 0 unspecified atom stereocenters. The molecule has 0 radical (unpaired) electrons. The van der Waals surface area contributed by atoms with Crippen LogP contribution in [-0.4, -0.2) is 39.6 Å². The average Bonchev–Trinajstić information content (AvgIpc) is 2.22. The second-order valence-electron chi connectivity index (χ2n) is 2.96. The van der Waals surface area contributed by atoms with Crippen LogP contribution in [0.4, 0.5) is 0 Å². The Morgan fingerprint density at radius 1 is 1.20 bits per heavy atom. The summed E-state index contributed by atoms with van der Waals surface area (Å²) < 4.78 is 14.5. The summed E-state index contributed by atoms with van der Waals surface area (Å²) in [5, 5.41) is 0. The number of carbonyl (C=O) groups is 1. The fourth-order valence-electron chi connectivity index (χ4n) is 1.11. The van der Waals surface area contributed by atoms with E-state index in [0.717, 1.165) is 12.8 Å². The molecule has 2 N–H and O–H groups in total. The molecule has 0 aliphatic carbocycles. The van der Waals surface area contributed by atoms with Crippen LogP contribution in [0.2, 0.25) is 0 Å². The van der Waals surface area contributed by atoms with Gasteiger partial charge in [-0.2, -0.15) is 0 Å². The third-order valence-corrected chi connectivity index (χ3v) is 1.98. The largest absolute Gasteiger partial charge is 0.468 e. The molecule has 15 heavy (non-hydrogen) atoms. The summed E-state index contributed by atoms with van der Waals surface area (Å²) in [5.74, 6) is -0.378. The highest BCUT2D eigenvalue weighted by atomic mass is 35.5. The predicted octanol–water partition coefficient (Wildman–Crippen LogP) is 0.698. The Hall–Kier alpha value is -0.360. The maximum Gasteiger partial charge on any atom is 0.322 e. The fourth-order valence-corrected chi connectivity index (χ4v) is 1.11. The number of esters is 1. The van der Waals surface area contributed by atoms with Gasteiger partial charge >= 0.3 is 5.97 Å². The summed E-state index contributed by atoms with van der Waals surface area (Å²) in [6.07, 6.45) is 1.84. The van der Waals surface area contributed by atoms with Gasteiger partial charge in [-0.3, -0.25) is 4.79 Å². The molecule has 0 spiro atoms. The molecule has 0 amide bonds. The first-order valence-electron chi connectivity index (χ1n) is 4.54. The summed E-state index contributed by atoms with van der Waals surface area (Å²) in [7, 11) is 4.48. The maximum atomic E-state index is 10.9. The van der Waals surface area contributed by atoms with E-state index in [1.807, 2.05) is 0 Å². The van der Waals surface area contributed by atoms with Crippen molar-refractivity contribution in [1.29, 1.82) is 0 Å². The normalized spacial score (nSPS) is 12.1. The van der Waals surface area contributed by atoms with Gasteiger partial charge in [0.25, 0.3) is 0 Å². The lowest BCUT2D eigenvalue weighted by atomic mass is 10.1. The first-order valence-corrected chi connectivity index (χ1v) is 4.54. The summed E-state index contributed by atoms with van der Waals surface area (Å²) in [6.45, 7) is 0. The Kier molecular flexibility index (Phi) is 11.6. The molecule has 6 heteroatoms. The minimum Gasteiger partial charge on any atom is -0.468 e. The Bertz CT molecular complexity index is 164. The molecule has 0 aliphatic heterocycles. The molecule has 0 aromatic rings. The Morgan fingerprint density at radius 3 is 2.13 bits per heavy atom. The zero-order valence-electron chi connectivity index (χ0n) is 9.39. The highest BCUT2D eigenvalue weighted by Gasteiger charge is 2.14. The van der Waals surface area contributed by atoms with Crippen LogP contribution < -0.4 is 5.73 Å². The lowest BCUT2D eigenvalue weighted by Crippen LogP contribution is -2.31. The molecule has 0 aromatic heterocycles. The van der Waals surface area contributed by atoms with Crippen molar-refractivity contribution in [3.63, 3.8) is 0 Å². The highest BCUT2D eigenvalue weighted by molar-refractivity contribution is 5.85. The van der Waals surface area contributed by atoms with Crippen LogP contribution in [-0.2, 0) is 19.0 Å². The van der Waals surface area contributed by atoms with Crippen molar-refractivity contribution in [2.45, 2.75) is 31.6 Å². The number of hydrogen-bond acceptors (Lipinski definition) is 5. The van der Waals surface area contributed by atoms with Crippen LogP contribution >= 0.6 is 12.4 Å². The summed E-state index contributed by atoms with van der Waals surface area (Å²) in [4.78, 5) is 10.9. The fraction of sp³-hybridized carbons (Fsp3) is 0.889. The molecule has 92 valence electrons. The molecule has 0 rings (SSSR count). The van der Waals surface area contributed by atoms with E-state index in [0.29, 0.717) is 6.42 Å². The molecule has 1 atom stereocenters. The Labute approximate surface area is 96.7 Å². The topological polar surface area (TPSA) is 70.8 Å². The second kappa shape index (κ2) is 10.2. The van der Waals surface area contributed by atoms with Gasteiger partial charge in [0, 0.05) is 14.2 Å². The van der Waals surface area contributed by atoms with Crippen molar-refractivity contribution in [2.75, 3.05) is 21.3 Å². The van der Waals surface area contributed by atoms with E-state index in [2.05, 4.69) is 4.74 Å². The van der Waals surface area contributed by atoms with Crippen molar-refractivity contribution in [3.8, 4) is 0 Å². The minimum absolute atomic E-state index is 0. The Balaban J connectivity index is 0. The smallest absolute Gasteiger partial charge is 0.322 e. The second-order valence-corrected chi connectivity index (χ2v) is 2.96. The van der Waals surface area contributed by atoms with Crippen molar-refractivity contribution >= 4 is 18.4 Å². The lowest BCUT2D eigenvalue weighted by molar-refractivity contribution is -0.142. The van der Waals surface area contributed by atoms with Crippen molar-refractivity contribution < 1.29 is 19.0 Å². The van der Waals surface area contributed by atoms with Gasteiger partial charge in [0.2, 0.25) is 0 Å². The lowest BCUT2D eigenvalue weighted by Gasteiger charge is -2.14. The van der Waals surface area contributed by atoms with Gasteiger partial charge in [-0.05, 0) is 19.3 Å². The molecule has 0 heterocycles. The SMILES string of the molecule is COC(=O)[C@@H](N)CCCC(OC)OC.Cl. The molecular weight excluding hydrogens is 222 g/mol. The summed E-state index contributed by atoms with van der Waals surface area (Å²) >= 11 is 0. The molecule has 5 nitrogen and oxygen atoms in total. The van der Waals surface area contributed by atoms with Crippen LogP contribution in [0.1, 0.15) is 19.3 Å². The monoisotopic (exact) mass is 241 g/mol. The van der Waals surface area contributed by atoms with Crippen molar-refractivity contribution in [1.82, 2.24) is 0 Å². The summed E-state index contributed by atoms with van der Waals surface area (Å²) in [5.41, 5.74) is 5.54. The van der Waals surface area contributed by atoms with Gasteiger partial charge in [0.1, 0.15) is 6.04 Å². The van der Waals surface area contributed by atoms with Gasteiger partial charge < -0.3 is 19.9 Å². The number of carbonyl (C=O) groups excluding carboxylic acids is 1. The first kappa shape index (κ1) is 17.0.